The molecule has 33 heavy (non-hydrogen) atoms. The van der Waals surface area contributed by atoms with Crippen LogP contribution in [0, 0.1) is 58.2 Å². The minimum atomic E-state index is -2.53. The van der Waals surface area contributed by atoms with Gasteiger partial charge in [0.1, 0.15) is 12.2 Å². The maximum absolute atomic E-state index is 14.4. The Kier molecular flexibility index (Phi) is 5.87. The van der Waals surface area contributed by atoms with Crippen molar-refractivity contribution in [2.45, 2.75) is 12.2 Å². The molecule has 1 saturated heterocycles. The van der Waals surface area contributed by atoms with Gasteiger partial charge in [-0.15, -0.1) is 0 Å². The molecule has 3 aromatic rings. The molecule has 0 spiro atoms. The highest BCUT2D eigenvalue weighted by molar-refractivity contribution is 6.61. The summed E-state index contributed by atoms with van der Waals surface area (Å²) >= 11 is 0. The number of halogens is 10. The largest absolute Gasteiger partial charge is 0.494 e. The predicted molar refractivity (Wildman–Crippen MR) is 91.9 cm³/mol. The first kappa shape index (κ1) is 23.1. The number of hydrogen-bond donors (Lipinski definition) is 0. The molecule has 1 fully saturated rings. The second-order valence-electron chi connectivity index (χ2n) is 6.82. The Morgan fingerprint density at radius 1 is 0.455 bits per heavy atom. The van der Waals surface area contributed by atoms with Crippen LogP contribution in [0.25, 0.3) is 0 Å². The molecule has 4 rings (SSSR count). The van der Waals surface area contributed by atoms with Crippen LogP contribution in [0.5, 0.6) is 0 Å². The molecule has 0 radical (unpaired) electrons. The van der Waals surface area contributed by atoms with E-state index in [-0.39, 0.29) is 5.46 Å². The summed E-state index contributed by atoms with van der Waals surface area (Å²) in [5.74, 6) is -24.4. The molecule has 2 nitrogen and oxygen atoms in total. The van der Waals surface area contributed by atoms with Gasteiger partial charge in [-0.25, -0.2) is 43.9 Å². The maximum atomic E-state index is 14.4. The van der Waals surface area contributed by atoms with Crippen LogP contribution >= 0.6 is 0 Å². The van der Waals surface area contributed by atoms with Crippen LogP contribution in [0.15, 0.2) is 30.3 Å². The van der Waals surface area contributed by atoms with Crippen LogP contribution < -0.4 is 5.46 Å². The van der Waals surface area contributed by atoms with E-state index in [0.29, 0.717) is 0 Å². The molecule has 0 aromatic heterocycles. The minimum absolute atomic E-state index is 0.0535. The van der Waals surface area contributed by atoms with Crippen LogP contribution in [0.1, 0.15) is 23.3 Å². The third-order valence-electron chi connectivity index (χ3n) is 4.94. The smallest absolute Gasteiger partial charge is 0.397 e. The number of benzene rings is 3. The number of hydrogen-bond acceptors (Lipinski definition) is 2. The van der Waals surface area contributed by atoms with E-state index in [1.807, 2.05) is 0 Å². The van der Waals surface area contributed by atoms with Gasteiger partial charge in [-0.3, -0.25) is 0 Å². The molecule has 0 saturated carbocycles. The van der Waals surface area contributed by atoms with Crippen molar-refractivity contribution in [1.82, 2.24) is 0 Å². The first-order valence-corrected chi connectivity index (χ1v) is 8.94. The van der Waals surface area contributed by atoms with Gasteiger partial charge < -0.3 is 9.31 Å². The van der Waals surface area contributed by atoms with Gasteiger partial charge in [-0.1, -0.05) is 30.3 Å². The SMILES string of the molecule is Fc1c(F)c(F)c([C@@H]2OB(c3ccccc3)O[C@H]2c2c(F)c(F)c(F)c(F)c2F)c(F)c1F. The summed E-state index contributed by atoms with van der Waals surface area (Å²) in [7, 11) is -1.73. The molecule has 1 aliphatic rings. The predicted octanol–water partition coefficient (Wildman–Crippen LogP) is 5.30. The van der Waals surface area contributed by atoms with Crippen LogP contribution in [0.3, 0.4) is 0 Å². The Morgan fingerprint density at radius 2 is 0.758 bits per heavy atom. The van der Waals surface area contributed by atoms with Crippen molar-refractivity contribution in [2.24, 2.45) is 0 Å². The van der Waals surface area contributed by atoms with Gasteiger partial charge in [0.25, 0.3) is 0 Å². The zero-order valence-electron chi connectivity index (χ0n) is 15.7. The quantitative estimate of drug-likeness (QED) is 0.219. The van der Waals surface area contributed by atoms with E-state index >= 15 is 0 Å². The van der Waals surface area contributed by atoms with Crippen LogP contribution in [-0.2, 0) is 9.31 Å². The minimum Gasteiger partial charge on any atom is -0.397 e. The summed E-state index contributed by atoms with van der Waals surface area (Å²) < 4.78 is 150. The van der Waals surface area contributed by atoms with Crippen LogP contribution in [-0.4, -0.2) is 7.12 Å². The third-order valence-corrected chi connectivity index (χ3v) is 4.94. The molecule has 2 atom stereocenters. The Bertz CT molecular complexity index is 1120. The Balaban J connectivity index is 1.96. The van der Waals surface area contributed by atoms with Crippen LogP contribution in [0.4, 0.5) is 43.9 Å². The highest BCUT2D eigenvalue weighted by atomic mass is 19.2. The van der Waals surface area contributed by atoms with E-state index in [0.717, 1.165) is 0 Å². The molecular weight excluding hydrogens is 473 g/mol. The van der Waals surface area contributed by atoms with E-state index in [9.17, 15) is 43.9 Å². The summed E-state index contributed by atoms with van der Waals surface area (Å²) in [6.45, 7) is 0. The average molecular weight is 480 g/mol. The summed E-state index contributed by atoms with van der Waals surface area (Å²) in [5, 5.41) is 0. The normalized spacial score (nSPS) is 18.3. The Morgan fingerprint density at radius 3 is 1.09 bits per heavy atom. The molecule has 172 valence electrons. The lowest BCUT2D eigenvalue weighted by molar-refractivity contribution is 0.137. The monoisotopic (exact) mass is 480 g/mol. The fourth-order valence-corrected chi connectivity index (χ4v) is 3.39. The molecular formula is C20H7BF10O2. The van der Waals surface area contributed by atoms with E-state index in [1.165, 1.54) is 30.3 Å². The highest BCUT2D eigenvalue weighted by Gasteiger charge is 2.49. The van der Waals surface area contributed by atoms with Crippen molar-refractivity contribution < 1.29 is 53.2 Å². The highest BCUT2D eigenvalue weighted by Crippen LogP contribution is 2.46. The van der Waals surface area contributed by atoms with E-state index in [4.69, 9.17) is 9.31 Å². The van der Waals surface area contributed by atoms with Gasteiger partial charge in [0.15, 0.2) is 46.5 Å². The molecule has 3 aromatic carbocycles. The van der Waals surface area contributed by atoms with E-state index in [2.05, 4.69) is 0 Å². The van der Waals surface area contributed by atoms with Gasteiger partial charge in [0.2, 0.25) is 11.6 Å². The van der Waals surface area contributed by atoms with Gasteiger partial charge in [0, 0.05) is 0 Å². The molecule has 13 heteroatoms. The van der Waals surface area contributed by atoms with Crippen molar-refractivity contribution in [3.63, 3.8) is 0 Å². The molecule has 0 amide bonds. The lowest BCUT2D eigenvalue weighted by Crippen LogP contribution is -2.31. The first-order chi connectivity index (χ1) is 15.6. The zero-order chi connectivity index (χ0) is 24.2. The molecule has 0 bridgehead atoms. The fourth-order valence-electron chi connectivity index (χ4n) is 3.39. The standard InChI is InChI=1S/C20H7BF10O2/c22-9-7(10(23)14(27)17(30)13(9)26)19-20(33-21(32-19)6-4-2-1-3-5-6)8-11(24)15(28)18(31)16(29)12(8)25/h1-5,19-20H/t19-,20-/m0/s1. The van der Waals surface area contributed by atoms with Gasteiger partial charge in [-0.2, -0.15) is 0 Å². The molecule has 0 aliphatic carbocycles. The van der Waals surface area contributed by atoms with Gasteiger partial charge in [-0.05, 0) is 5.46 Å². The average Bonchev–Trinajstić information content (AvgIpc) is 3.24. The fraction of sp³-hybridized carbons (Fsp3) is 0.100. The molecule has 0 N–H and O–H groups in total. The molecule has 0 unspecified atom stereocenters. The summed E-state index contributed by atoms with van der Waals surface area (Å²) in [6.07, 6.45) is -4.99. The maximum Gasteiger partial charge on any atom is 0.494 e. The lowest BCUT2D eigenvalue weighted by atomic mass is 9.79. The molecule has 1 heterocycles. The second-order valence-corrected chi connectivity index (χ2v) is 6.82. The lowest BCUT2D eigenvalue weighted by Gasteiger charge is -2.22. The zero-order valence-corrected chi connectivity index (χ0v) is 15.7. The summed E-state index contributed by atoms with van der Waals surface area (Å²) in [4.78, 5) is 0. The summed E-state index contributed by atoms with van der Waals surface area (Å²) in [6, 6.07) is 6.96. The van der Waals surface area contributed by atoms with Gasteiger partial charge in [0.05, 0.1) is 11.1 Å². The molecule has 1 aliphatic heterocycles. The second kappa shape index (κ2) is 8.38. The van der Waals surface area contributed by atoms with Gasteiger partial charge >= 0.3 is 7.12 Å². The van der Waals surface area contributed by atoms with Crippen molar-refractivity contribution in [3.05, 3.63) is 99.6 Å². The van der Waals surface area contributed by atoms with Crippen molar-refractivity contribution in [3.8, 4) is 0 Å². The Hall–Kier alpha value is -3.06. The van der Waals surface area contributed by atoms with Crippen LogP contribution in [0.2, 0.25) is 0 Å². The topological polar surface area (TPSA) is 18.5 Å². The van der Waals surface area contributed by atoms with Crippen molar-refractivity contribution >= 4 is 12.6 Å². The third kappa shape index (κ3) is 3.55. The summed E-state index contributed by atoms with van der Waals surface area (Å²) in [5.41, 5.74) is -3.37. The Labute approximate surface area is 178 Å². The van der Waals surface area contributed by atoms with Crippen molar-refractivity contribution in [1.29, 1.82) is 0 Å². The first-order valence-electron chi connectivity index (χ1n) is 8.94. The van der Waals surface area contributed by atoms with E-state index < -0.39 is 88.6 Å². The van der Waals surface area contributed by atoms with Crippen molar-refractivity contribution in [2.75, 3.05) is 0 Å². The van der Waals surface area contributed by atoms with E-state index in [1.54, 1.807) is 0 Å². The number of rotatable bonds is 3.